The molecule has 0 radical (unpaired) electrons. The average Bonchev–Trinajstić information content (AvgIpc) is 2.56. The largest absolute Gasteiger partial charge is 0.508 e. The third-order valence-corrected chi connectivity index (χ3v) is 4.04. The highest BCUT2D eigenvalue weighted by Gasteiger charge is 2.18. The molecule has 0 saturated carbocycles. The monoisotopic (exact) mass is 312 g/mol. The van der Waals surface area contributed by atoms with Crippen LogP contribution in [0.25, 0.3) is 0 Å². The fourth-order valence-corrected chi connectivity index (χ4v) is 2.79. The molecule has 2 heterocycles. The molecule has 3 N–H and O–H groups in total. The van der Waals surface area contributed by atoms with Crippen LogP contribution in [0.1, 0.15) is 15.9 Å². The maximum absolute atomic E-state index is 11.3. The third kappa shape index (κ3) is 3.78. The van der Waals surface area contributed by atoms with Crippen molar-refractivity contribution in [2.75, 3.05) is 31.1 Å². The zero-order chi connectivity index (χ0) is 16.2. The fraction of sp³-hybridized carbons (Fsp3) is 0.294. The molecule has 1 aliphatic heterocycles. The number of rotatable bonds is 4. The average molecular weight is 312 g/mol. The number of amides is 1. The quantitative estimate of drug-likeness (QED) is 0.886. The molecule has 23 heavy (non-hydrogen) atoms. The Morgan fingerprint density at radius 2 is 1.96 bits per heavy atom. The van der Waals surface area contributed by atoms with Crippen LogP contribution in [0, 0.1) is 0 Å². The Kier molecular flexibility index (Phi) is 4.43. The van der Waals surface area contributed by atoms with E-state index in [1.165, 1.54) is 0 Å². The smallest absolute Gasteiger partial charge is 0.248 e. The van der Waals surface area contributed by atoms with Gasteiger partial charge in [-0.15, -0.1) is 0 Å². The lowest BCUT2D eigenvalue weighted by Crippen LogP contribution is -2.46. The Labute approximate surface area is 135 Å². The number of nitrogens with two attached hydrogens (primary N) is 1. The van der Waals surface area contributed by atoms with Crippen LogP contribution in [-0.4, -0.2) is 47.1 Å². The summed E-state index contributed by atoms with van der Waals surface area (Å²) in [6.45, 7) is 4.30. The highest BCUT2D eigenvalue weighted by atomic mass is 16.3. The molecule has 1 amide bonds. The number of phenolic OH excluding ortho intramolecular Hbond substituents is 1. The van der Waals surface area contributed by atoms with Gasteiger partial charge in [0.15, 0.2) is 0 Å². The number of aromatic nitrogens is 1. The first kappa shape index (κ1) is 15.3. The predicted molar refractivity (Wildman–Crippen MR) is 88.4 cm³/mol. The lowest BCUT2D eigenvalue weighted by Gasteiger charge is -2.35. The molecule has 1 fully saturated rings. The molecule has 1 aromatic heterocycles. The standard InChI is InChI=1S/C17H20N4O2/c18-17(23)14-4-5-19-16(11-14)21-8-6-20(7-9-21)12-13-2-1-3-15(22)10-13/h1-5,10-11,22H,6-9,12H2,(H2,18,23). The van der Waals surface area contributed by atoms with Crippen molar-refractivity contribution in [3.8, 4) is 5.75 Å². The van der Waals surface area contributed by atoms with Crippen molar-refractivity contribution in [1.82, 2.24) is 9.88 Å². The van der Waals surface area contributed by atoms with Crippen LogP contribution >= 0.6 is 0 Å². The Morgan fingerprint density at radius 3 is 2.65 bits per heavy atom. The van der Waals surface area contributed by atoms with E-state index in [0.717, 1.165) is 44.1 Å². The van der Waals surface area contributed by atoms with Gasteiger partial charge in [0.25, 0.3) is 0 Å². The number of pyridine rings is 1. The molecule has 6 nitrogen and oxygen atoms in total. The summed E-state index contributed by atoms with van der Waals surface area (Å²) in [5.41, 5.74) is 6.91. The molecule has 120 valence electrons. The summed E-state index contributed by atoms with van der Waals surface area (Å²) in [5, 5.41) is 9.53. The van der Waals surface area contributed by atoms with E-state index in [9.17, 15) is 9.90 Å². The van der Waals surface area contributed by atoms with Crippen molar-refractivity contribution in [1.29, 1.82) is 0 Å². The summed E-state index contributed by atoms with van der Waals surface area (Å²) in [7, 11) is 0. The molecule has 1 aliphatic rings. The van der Waals surface area contributed by atoms with Crippen molar-refractivity contribution in [3.05, 3.63) is 53.7 Å². The Balaban J connectivity index is 1.60. The lowest BCUT2D eigenvalue weighted by molar-refractivity contribution is 0.1000. The van der Waals surface area contributed by atoms with Crippen LogP contribution in [-0.2, 0) is 6.54 Å². The van der Waals surface area contributed by atoms with Gasteiger partial charge in [-0.25, -0.2) is 4.98 Å². The van der Waals surface area contributed by atoms with Crippen LogP contribution in [0.3, 0.4) is 0 Å². The number of carbonyl (C=O) groups is 1. The van der Waals surface area contributed by atoms with Crippen LogP contribution < -0.4 is 10.6 Å². The molecule has 0 aliphatic carbocycles. The maximum atomic E-state index is 11.3. The number of anilines is 1. The number of phenols is 1. The van der Waals surface area contributed by atoms with Crippen molar-refractivity contribution in [3.63, 3.8) is 0 Å². The molecular weight excluding hydrogens is 292 g/mol. The molecule has 0 spiro atoms. The van der Waals surface area contributed by atoms with Gasteiger partial charge in [0.2, 0.25) is 5.91 Å². The molecule has 1 aromatic carbocycles. The minimum atomic E-state index is -0.434. The summed E-state index contributed by atoms with van der Waals surface area (Å²) in [5.74, 6) is 0.656. The molecule has 0 atom stereocenters. The maximum Gasteiger partial charge on any atom is 0.248 e. The second-order valence-electron chi connectivity index (χ2n) is 5.70. The van der Waals surface area contributed by atoms with E-state index in [-0.39, 0.29) is 0 Å². The SMILES string of the molecule is NC(=O)c1ccnc(N2CCN(Cc3cccc(O)c3)CC2)c1. The Hall–Kier alpha value is -2.60. The van der Waals surface area contributed by atoms with Gasteiger partial charge in [-0.1, -0.05) is 12.1 Å². The molecule has 0 unspecified atom stereocenters. The van der Waals surface area contributed by atoms with E-state index in [1.54, 1.807) is 30.5 Å². The molecular formula is C17H20N4O2. The first-order chi connectivity index (χ1) is 11.1. The van der Waals surface area contributed by atoms with Gasteiger partial charge < -0.3 is 15.7 Å². The number of hydrogen-bond donors (Lipinski definition) is 2. The minimum absolute atomic E-state index is 0.300. The topological polar surface area (TPSA) is 82.7 Å². The summed E-state index contributed by atoms with van der Waals surface area (Å²) >= 11 is 0. The van der Waals surface area contributed by atoms with Crippen molar-refractivity contribution >= 4 is 11.7 Å². The third-order valence-electron chi connectivity index (χ3n) is 4.04. The highest BCUT2D eigenvalue weighted by Crippen LogP contribution is 2.17. The summed E-state index contributed by atoms with van der Waals surface area (Å²) in [6.07, 6.45) is 1.62. The number of primary amides is 1. The van der Waals surface area contributed by atoms with Gasteiger partial charge >= 0.3 is 0 Å². The van der Waals surface area contributed by atoms with Gasteiger partial charge in [-0.05, 0) is 29.8 Å². The first-order valence-corrected chi connectivity index (χ1v) is 7.63. The fourth-order valence-electron chi connectivity index (χ4n) is 2.79. The Bertz CT molecular complexity index is 696. The van der Waals surface area contributed by atoms with Gasteiger partial charge in [-0.3, -0.25) is 9.69 Å². The van der Waals surface area contributed by atoms with Crippen LogP contribution in [0.4, 0.5) is 5.82 Å². The highest BCUT2D eigenvalue weighted by molar-refractivity contribution is 5.93. The van der Waals surface area contributed by atoms with Gasteiger partial charge in [0.05, 0.1) is 0 Å². The normalized spacial score (nSPS) is 15.6. The van der Waals surface area contributed by atoms with E-state index in [2.05, 4.69) is 14.8 Å². The van der Waals surface area contributed by atoms with Gasteiger partial charge in [-0.2, -0.15) is 0 Å². The zero-order valence-corrected chi connectivity index (χ0v) is 12.9. The van der Waals surface area contributed by atoms with Crippen molar-refractivity contribution in [2.24, 2.45) is 5.73 Å². The molecule has 6 heteroatoms. The zero-order valence-electron chi connectivity index (χ0n) is 12.9. The number of hydrogen-bond acceptors (Lipinski definition) is 5. The number of piperazine rings is 1. The molecule has 0 bridgehead atoms. The molecule has 1 saturated heterocycles. The number of nitrogens with zero attached hydrogens (tertiary/aromatic N) is 3. The van der Waals surface area contributed by atoms with Crippen LogP contribution in [0.15, 0.2) is 42.6 Å². The van der Waals surface area contributed by atoms with Crippen LogP contribution in [0.5, 0.6) is 5.75 Å². The summed E-state index contributed by atoms with van der Waals surface area (Å²) < 4.78 is 0. The second kappa shape index (κ2) is 6.66. The van der Waals surface area contributed by atoms with E-state index < -0.39 is 5.91 Å². The van der Waals surface area contributed by atoms with E-state index in [0.29, 0.717) is 11.3 Å². The van der Waals surface area contributed by atoms with E-state index in [4.69, 9.17) is 5.73 Å². The Morgan fingerprint density at radius 1 is 1.17 bits per heavy atom. The minimum Gasteiger partial charge on any atom is -0.508 e. The lowest BCUT2D eigenvalue weighted by atomic mass is 10.2. The molecule has 2 aromatic rings. The number of aromatic hydroxyl groups is 1. The van der Waals surface area contributed by atoms with E-state index >= 15 is 0 Å². The van der Waals surface area contributed by atoms with Crippen molar-refractivity contribution < 1.29 is 9.90 Å². The predicted octanol–water partition coefficient (Wildman–Crippen LogP) is 1.21. The van der Waals surface area contributed by atoms with Crippen LogP contribution in [0.2, 0.25) is 0 Å². The number of benzene rings is 1. The number of carbonyl (C=O) groups excluding carboxylic acids is 1. The van der Waals surface area contributed by atoms with Crippen molar-refractivity contribution in [2.45, 2.75) is 6.54 Å². The second-order valence-corrected chi connectivity index (χ2v) is 5.70. The molecule has 3 rings (SSSR count). The van der Waals surface area contributed by atoms with Gasteiger partial charge in [0.1, 0.15) is 11.6 Å². The van der Waals surface area contributed by atoms with Gasteiger partial charge in [0, 0.05) is 44.5 Å². The summed E-state index contributed by atoms with van der Waals surface area (Å²) in [6, 6.07) is 10.7. The summed E-state index contributed by atoms with van der Waals surface area (Å²) in [4.78, 5) is 20.1. The first-order valence-electron chi connectivity index (χ1n) is 7.63. The van der Waals surface area contributed by atoms with E-state index in [1.807, 2.05) is 12.1 Å².